The number of carbonyl (C=O) groups excluding carboxylic acids is 5. The van der Waals surface area contributed by atoms with E-state index >= 15 is 0 Å². The van der Waals surface area contributed by atoms with Crippen LogP contribution in [0.3, 0.4) is 0 Å². The van der Waals surface area contributed by atoms with Crippen LogP contribution in [0.5, 0.6) is 0 Å². The molecule has 1 aliphatic heterocycles. The van der Waals surface area contributed by atoms with E-state index in [9.17, 15) is 29.1 Å². The molecule has 56 heavy (non-hydrogen) atoms. The number of benzene rings is 1. The molecule has 0 bridgehead atoms. The van der Waals surface area contributed by atoms with Crippen molar-refractivity contribution in [3.05, 3.63) is 35.9 Å². The third-order valence-corrected chi connectivity index (χ3v) is 11.3. The summed E-state index contributed by atoms with van der Waals surface area (Å²) in [7, 11) is 6.26. The number of rotatable bonds is 21. The number of nitrogens with one attached hydrogen (secondary N) is 2. The smallest absolute Gasteiger partial charge is 0.410 e. The van der Waals surface area contributed by atoms with Gasteiger partial charge in [0.2, 0.25) is 23.6 Å². The van der Waals surface area contributed by atoms with Gasteiger partial charge >= 0.3 is 6.09 Å². The van der Waals surface area contributed by atoms with Crippen molar-refractivity contribution in [2.45, 2.75) is 137 Å². The standard InChI is InChI=1S/C42H71N5O9/c1-14-27(7)36(45(10)41(52)34(25(3)4)44-40(51)35(26(5)6)46(11)42(53)56-15-2)32(54-12)24-33(48)47-23-19-22-31(47)38(55-13)28(8)39(50)43-29(9)37(49)30-20-17-16-18-21-30/h16-18,20-21,25-29,31-32,34-38,49H,14-15,19,22-24H2,1-13H3,(H,43,50)(H,44,51)/t27-,28+,29+,31-,32+,34-,35?,36-,37+,38+/m0/s1. The summed E-state index contributed by atoms with van der Waals surface area (Å²) in [6, 6.07) is 5.90. The van der Waals surface area contributed by atoms with Gasteiger partial charge in [-0.05, 0) is 50.0 Å². The van der Waals surface area contributed by atoms with Crippen LogP contribution in [0.1, 0.15) is 99.7 Å². The third-order valence-electron chi connectivity index (χ3n) is 11.3. The maximum atomic E-state index is 14.3. The van der Waals surface area contributed by atoms with Gasteiger partial charge in [-0.3, -0.25) is 24.1 Å². The van der Waals surface area contributed by atoms with E-state index in [4.69, 9.17) is 14.2 Å². The van der Waals surface area contributed by atoms with Gasteiger partial charge in [0.25, 0.3) is 0 Å². The van der Waals surface area contributed by atoms with Crippen LogP contribution < -0.4 is 10.6 Å². The first-order valence-corrected chi connectivity index (χ1v) is 20.2. The predicted molar refractivity (Wildman–Crippen MR) is 215 cm³/mol. The molecule has 14 heteroatoms. The molecule has 1 heterocycles. The number of ether oxygens (including phenoxy) is 3. The second kappa shape index (κ2) is 22.9. The number of hydrogen-bond acceptors (Lipinski definition) is 9. The van der Waals surface area contributed by atoms with Gasteiger partial charge in [-0.15, -0.1) is 0 Å². The van der Waals surface area contributed by atoms with Crippen molar-refractivity contribution in [1.82, 2.24) is 25.3 Å². The number of aliphatic hydroxyl groups is 1. The molecule has 0 spiro atoms. The lowest BCUT2D eigenvalue weighted by Crippen LogP contribution is -2.60. The third kappa shape index (κ3) is 12.4. The summed E-state index contributed by atoms with van der Waals surface area (Å²) in [5.74, 6) is -2.53. The molecule has 1 aromatic rings. The molecular formula is C42H71N5O9. The van der Waals surface area contributed by atoms with E-state index in [0.29, 0.717) is 24.9 Å². The zero-order valence-electron chi connectivity index (χ0n) is 36.1. The summed E-state index contributed by atoms with van der Waals surface area (Å²) in [4.78, 5) is 72.9. The number of methoxy groups -OCH3 is 2. The first kappa shape index (κ1) is 48.4. The molecule has 5 amide bonds. The molecule has 1 saturated heterocycles. The Morgan fingerprint density at radius 3 is 2.02 bits per heavy atom. The number of aliphatic hydroxyl groups excluding tert-OH is 1. The molecule has 0 radical (unpaired) electrons. The number of hydrogen-bond donors (Lipinski definition) is 3. The van der Waals surface area contributed by atoms with E-state index in [1.807, 2.05) is 71.9 Å². The largest absolute Gasteiger partial charge is 0.450 e. The molecule has 1 fully saturated rings. The number of amides is 5. The summed E-state index contributed by atoms with van der Waals surface area (Å²) in [6.45, 7) is 17.2. The van der Waals surface area contributed by atoms with Crippen molar-refractivity contribution in [3.8, 4) is 0 Å². The van der Waals surface area contributed by atoms with Crippen LogP contribution in [-0.4, -0.2) is 133 Å². The number of nitrogens with zero attached hydrogens (tertiary/aromatic N) is 3. The van der Waals surface area contributed by atoms with Gasteiger partial charge < -0.3 is 39.8 Å². The average Bonchev–Trinajstić information content (AvgIpc) is 3.65. The molecule has 0 aromatic heterocycles. The minimum absolute atomic E-state index is 0.0184. The zero-order valence-corrected chi connectivity index (χ0v) is 36.1. The van der Waals surface area contributed by atoms with Gasteiger partial charge in [0.05, 0.1) is 55.4 Å². The fourth-order valence-electron chi connectivity index (χ4n) is 7.92. The van der Waals surface area contributed by atoms with Crippen molar-refractivity contribution in [2.75, 3.05) is 41.5 Å². The van der Waals surface area contributed by atoms with Crippen LogP contribution in [0, 0.1) is 23.7 Å². The number of carbonyl (C=O) groups is 5. The Bertz CT molecular complexity index is 1410. The van der Waals surface area contributed by atoms with Crippen molar-refractivity contribution >= 4 is 29.7 Å². The lowest BCUT2D eigenvalue weighted by atomic mass is 9.89. The topological polar surface area (TPSA) is 167 Å². The molecule has 1 aromatic carbocycles. The molecule has 1 aliphatic rings. The van der Waals surface area contributed by atoms with Gasteiger partial charge in [0, 0.05) is 34.9 Å². The molecule has 3 N–H and O–H groups in total. The van der Waals surface area contributed by atoms with Crippen LogP contribution in [0.4, 0.5) is 4.79 Å². The highest BCUT2D eigenvalue weighted by atomic mass is 16.6. The van der Waals surface area contributed by atoms with E-state index < -0.39 is 60.4 Å². The van der Waals surface area contributed by atoms with Crippen LogP contribution in [0.25, 0.3) is 0 Å². The van der Waals surface area contributed by atoms with Gasteiger partial charge in [-0.25, -0.2) is 4.79 Å². The fourth-order valence-corrected chi connectivity index (χ4v) is 7.92. The minimum Gasteiger partial charge on any atom is -0.450 e. The Morgan fingerprint density at radius 2 is 1.50 bits per heavy atom. The van der Waals surface area contributed by atoms with E-state index in [1.165, 1.54) is 26.2 Å². The Morgan fingerprint density at radius 1 is 0.875 bits per heavy atom. The highest BCUT2D eigenvalue weighted by Crippen LogP contribution is 2.30. The fraction of sp³-hybridized carbons (Fsp3) is 0.738. The van der Waals surface area contributed by atoms with Crippen LogP contribution >= 0.6 is 0 Å². The van der Waals surface area contributed by atoms with Gasteiger partial charge in [0.15, 0.2) is 0 Å². The Balaban J connectivity index is 2.28. The van der Waals surface area contributed by atoms with E-state index in [2.05, 4.69) is 10.6 Å². The number of likely N-dealkylation sites (tertiary alicyclic amines) is 1. The normalized spacial score (nSPS) is 19.2. The molecule has 318 valence electrons. The second-order valence-electron chi connectivity index (χ2n) is 16.0. The van der Waals surface area contributed by atoms with E-state index in [0.717, 1.165) is 6.42 Å². The maximum absolute atomic E-state index is 14.3. The van der Waals surface area contributed by atoms with E-state index in [-0.39, 0.29) is 54.5 Å². The summed E-state index contributed by atoms with van der Waals surface area (Å²) >= 11 is 0. The van der Waals surface area contributed by atoms with Crippen molar-refractivity contribution in [2.24, 2.45) is 23.7 Å². The molecule has 2 rings (SSSR count). The summed E-state index contributed by atoms with van der Waals surface area (Å²) < 4.78 is 17.1. The lowest BCUT2D eigenvalue weighted by Gasteiger charge is -2.41. The first-order chi connectivity index (χ1) is 26.4. The van der Waals surface area contributed by atoms with Crippen molar-refractivity contribution in [3.63, 3.8) is 0 Å². The Hall–Kier alpha value is -3.75. The molecule has 0 saturated carbocycles. The summed E-state index contributed by atoms with van der Waals surface area (Å²) in [6.07, 6.45) is -0.757. The molecule has 0 aliphatic carbocycles. The van der Waals surface area contributed by atoms with Crippen LogP contribution in [0.2, 0.25) is 0 Å². The van der Waals surface area contributed by atoms with Crippen LogP contribution in [0.15, 0.2) is 30.3 Å². The minimum atomic E-state index is -0.918. The molecule has 10 atom stereocenters. The van der Waals surface area contributed by atoms with Gasteiger partial charge in [0.1, 0.15) is 12.1 Å². The molecule has 1 unspecified atom stereocenters. The maximum Gasteiger partial charge on any atom is 0.410 e. The summed E-state index contributed by atoms with van der Waals surface area (Å²) in [5.41, 5.74) is 0.697. The summed E-state index contributed by atoms with van der Waals surface area (Å²) in [5, 5.41) is 16.7. The average molecular weight is 790 g/mol. The molecule has 14 nitrogen and oxygen atoms in total. The number of likely N-dealkylation sites (N-methyl/N-ethyl adjacent to an activating group) is 2. The predicted octanol–water partition coefficient (Wildman–Crippen LogP) is 4.40. The second-order valence-corrected chi connectivity index (χ2v) is 16.0. The highest BCUT2D eigenvalue weighted by molar-refractivity contribution is 5.91. The molecular weight excluding hydrogens is 718 g/mol. The highest BCUT2D eigenvalue weighted by Gasteiger charge is 2.43. The van der Waals surface area contributed by atoms with Crippen molar-refractivity contribution in [1.29, 1.82) is 0 Å². The van der Waals surface area contributed by atoms with Gasteiger partial charge in [-0.2, -0.15) is 0 Å². The quantitative estimate of drug-likeness (QED) is 0.164. The Kier molecular flexibility index (Phi) is 19.8. The Labute approximate surface area is 335 Å². The van der Waals surface area contributed by atoms with E-state index in [1.54, 1.807) is 37.6 Å². The zero-order chi connectivity index (χ0) is 42.4. The van der Waals surface area contributed by atoms with Crippen LogP contribution in [-0.2, 0) is 33.4 Å². The SMILES string of the molecule is CCOC(=O)N(C)C(C(=O)N[C@H](C(=O)N(C)[C@@H]([C@@H](C)CC)[C@@H](CC(=O)N1CCC[C@H]1[C@H](OC)[C@@H](C)C(=O)N[C@H](C)[C@@H](O)c1ccccc1)OC)C(C)C)C(C)C. The lowest BCUT2D eigenvalue weighted by molar-refractivity contribution is -0.148. The van der Waals surface area contributed by atoms with Crippen molar-refractivity contribution < 1.29 is 43.3 Å². The van der Waals surface area contributed by atoms with Gasteiger partial charge in [-0.1, -0.05) is 85.2 Å². The first-order valence-electron chi connectivity index (χ1n) is 20.2. The monoisotopic (exact) mass is 790 g/mol.